The minimum atomic E-state index is -0.574. The Bertz CT molecular complexity index is 267. The molecule has 0 fully saturated rings. The lowest BCUT2D eigenvalue weighted by atomic mass is 10.4. The molecular formula is C4H5N3O2. The number of nitrogens with one attached hydrogen (secondary N) is 1. The van der Waals surface area contributed by atoms with Crippen molar-refractivity contribution in [2.45, 2.75) is 0 Å². The van der Waals surface area contributed by atoms with E-state index < -0.39 is 5.56 Å². The van der Waals surface area contributed by atoms with Gasteiger partial charge in [-0.05, 0) is 0 Å². The molecule has 0 aliphatic rings. The molecule has 0 spiro atoms. The molecule has 0 atom stereocenters. The van der Waals surface area contributed by atoms with Crippen LogP contribution in [0, 0.1) is 0 Å². The fourth-order valence-corrected chi connectivity index (χ4v) is 0.398. The zero-order chi connectivity index (χ0) is 6.85. The molecule has 0 aliphatic heterocycles. The lowest BCUT2D eigenvalue weighted by Gasteiger charge is -1.91. The summed E-state index contributed by atoms with van der Waals surface area (Å²) in [6, 6.07) is 0. The third-order valence-electron chi connectivity index (χ3n) is 0.874. The summed E-state index contributed by atoms with van der Waals surface area (Å²) in [5, 5.41) is 14.0. The maximum atomic E-state index is 10.4. The number of aromatic nitrogens is 2. The normalized spacial score (nSPS) is 9.33. The Morgan fingerprint density at radius 2 is 2.44 bits per heavy atom. The Hall–Kier alpha value is -1.52. The van der Waals surface area contributed by atoms with Gasteiger partial charge in [-0.15, -0.1) is 0 Å². The van der Waals surface area contributed by atoms with Gasteiger partial charge in [-0.25, -0.2) is 5.10 Å². The third kappa shape index (κ3) is 0.835. The van der Waals surface area contributed by atoms with Crippen molar-refractivity contribution >= 4 is 5.69 Å². The molecule has 9 heavy (non-hydrogen) atoms. The second-order valence-corrected chi connectivity index (χ2v) is 1.50. The SMILES string of the molecule is Nc1c(O)cn[nH]c1=O. The van der Waals surface area contributed by atoms with Crippen LogP contribution in [-0.2, 0) is 0 Å². The fourth-order valence-electron chi connectivity index (χ4n) is 0.398. The van der Waals surface area contributed by atoms with Crippen molar-refractivity contribution in [2.75, 3.05) is 5.73 Å². The van der Waals surface area contributed by atoms with Gasteiger partial charge >= 0.3 is 0 Å². The Balaban J connectivity index is 3.43. The van der Waals surface area contributed by atoms with E-state index in [4.69, 9.17) is 10.8 Å². The molecule has 1 aromatic rings. The number of anilines is 1. The van der Waals surface area contributed by atoms with E-state index in [2.05, 4.69) is 5.10 Å². The van der Waals surface area contributed by atoms with Crippen molar-refractivity contribution in [1.29, 1.82) is 0 Å². The van der Waals surface area contributed by atoms with Crippen LogP contribution in [0.25, 0.3) is 0 Å². The number of rotatable bonds is 0. The van der Waals surface area contributed by atoms with E-state index in [1.807, 2.05) is 5.10 Å². The number of nitrogen functional groups attached to an aromatic ring is 1. The molecule has 0 aromatic carbocycles. The van der Waals surface area contributed by atoms with E-state index in [0.29, 0.717) is 0 Å². The van der Waals surface area contributed by atoms with Gasteiger partial charge in [0, 0.05) is 0 Å². The molecule has 0 bridgehead atoms. The van der Waals surface area contributed by atoms with E-state index in [9.17, 15) is 4.79 Å². The van der Waals surface area contributed by atoms with Crippen LogP contribution in [0.3, 0.4) is 0 Å². The summed E-state index contributed by atoms with van der Waals surface area (Å²) in [6.45, 7) is 0. The van der Waals surface area contributed by atoms with E-state index >= 15 is 0 Å². The molecule has 0 radical (unpaired) electrons. The molecule has 1 heterocycles. The molecule has 1 aromatic heterocycles. The third-order valence-corrected chi connectivity index (χ3v) is 0.874. The van der Waals surface area contributed by atoms with Gasteiger partial charge in [-0.1, -0.05) is 0 Å². The number of nitrogens with two attached hydrogens (primary N) is 1. The van der Waals surface area contributed by atoms with Gasteiger partial charge < -0.3 is 10.8 Å². The molecule has 48 valence electrons. The summed E-state index contributed by atoms with van der Waals surface area (Å²) in [5.74, 6) is -0.293. The highest BCUT2D eigenvalue weighted by molar-refractivity contribution is 5.46. The van der Waals surface area contributed by atoms with Crippen LogP contribution < -0.4 is 11.3 Å². The van der Waals surface area contributed by atoms with Gasteiger partial charge in [0.2, 0.25) is 0 Å². The zero-order valence-corrected chi connectivity index (χ0v) is 4.46. The first-order valence-corrected chi connectivity index (χ1v) is 2.24. The highest BCUT2D eigenvalue weighted by Crippen LogP contribution is 2.08. The van der Waals surface area contributed by atoms with E-state index in [0.717, 1.165) is 6.20 Å². The molecule has 0 saturated heterocycles. The average Bonchev–Trinajstić information content (AvgIpc) is 1.83. The summed E-state index contributed by atoms with van der Waals surface area (Å²) < 4.78 is 0. The smallest absolute Gasteiger partial charge is 0.291 e. The Morgan fingerprint density at radius 3 is 2.89 bits per heavy atom. The van der Waals surface area contributed by atoms with Gasteiger partial charge in [0.1, 0.15) is 5.69 Å². The fraction of sp³-hybridized carbons (Fsp3) is 0. The second kappa shape index (κ2) is 1.77. The molecule has 5 nitrogen and oxygen atoms in total. The first-order valence-electron chi connectivity index (χ1n) is 2.24. The van der Waals surface area contributed by atoms with E-state index in [-0.39, 0.29) is 11.4 Å². The number of H-pyrrole nitrogens is 1. The molecular weight excluding hydrogens is 122 g/mol. The Kier molecular flexibility index (Phi) is 1.11. The molecule has 0 amide bonds. The Labute approximate surface area is 50.1 Å². The predicted molar refractivity (Wildman–Crippen MR) is 30.9 cm³/mol. The monoisotopic (exact) mass is 127 g/mol. The molecule has 4 N–H and O–H groups in total. The van der Waals surface area contributed by atoms with Gasteiger partial charge in [0.15, 0.2) is 5.75 Å². The van der Waals surface area contributed by atoms with Crippen LogP contribution in [0.2, 0.25) is 0 Å². The number of nitrogens with zero attached hydrogens (tertiary/aromatic N) is 1. The van der Waals surface area contributed by atoms with Gasteiger partial charge in [-0.2, -0.15) is 5.10 Å². The average molecular weight is 127 g/mol. The lowest BCUT2D eigenvalue weighted by Crippen LogP contribution is -2.12. The highest BCUT2D eigenvalue weighted by Gasteiger charge is 1.97. The number of hydrogen-bond donors (Lipinski definition) is 3. The summed E-state index contributed by atoms with van der Waals surface area (Å²) in [6.07, 6.45) is 1.07. The van der Waals surface area contributed by atoms with Gasteiger partial charge in [0.05, 0.1) is 6.20 Å². The number of aromatic hydroxyl groups is 1. The topological polar surface area (TPSA) is 92.0 Å². The summed E-state index contributed by atoms with van der Waals surface area (Å²) in [5.41, 5.74) is 4.27. The van der Waals surface area contributed by atoms with Crippen LogP contribution in [0.4, 0.5) is 5.69 Å². The minimum Gasteiger partial charge on any atom is -0.504 e. The largest absolute Gasteiger partial charge is 0.504 e. The van der Waals surface area contributed by atoms with E-state index in [1.54, 1.807) is 0 Å². The van der Waals surface area contributed by atoms with Crippen molar-refractivity contribution in [3.63, 3.8) is 0 Å². The quantitative estimate of drug-likeness (QED) is 0.419. The van der Waals surface area contributed by atoms with Gasteiger partial charge in [0.25, 0.3) is 5.56 Å². The molecule has 5 heteroatoms. The summed E-state index contributed by atoms with van der Waals surface area (Å²) in [7, 11) is 0. The first kappa shape index (κ1) is 5.61. The number of hydrogen-bond acceptors (Lipinski definition) is 4. The van der Waals surface area contributed by atoms with Crippen molar-refractivity contribution < 1.29 is 5.11 Å². The lowest BCUT2D eigenvalue weighted by molar-refractivity contribution is 0.472. The first-order chi connectivity index (χ1) is 4.22. The molecule has 0 aliphatic carbocycles. The van der Waals surface area contributed by atoms with Crippen LogP contribution in [0.1, 0.15) is 0 Å². The van der Waals surface area contributed by atoms with Crippen molar-refractivity contribution in [2.24, 2.45) is 0 Å². The summed E-state index contributed by atoms with van der Waals surface area (Å²) >= 11 is 0. The van der Waals surface area contributed by atoms with Crippen LogP contribution in [0.15, 0.2) is 11.0 Å². The summed E-state index contributed by atoms with van der Waals surface area (Å²) in [4.78, 5) is 10.4. The van der Waals surface area contributed by atoms with E-state index in [1.165, 1.54) is 0 Å². The van der Waals surface area contributed by atoms with Crippen molar-refractivity contribution in [3.05, 3.63) is 16.6 Å². The minimum absolute atomic E-state index is 0.204. The van der Waals surface area contributed by atoms with Crippen LogP contribution >= 0.6 is 0 Å². The maximum absolute atomic E-state index is 10.4. The van der Waals surface area contributed by atoms with Crippen LogP contribution in [-0.4, -0.2) is 15.3 Å². The molecule has 0 saturated carbocycles. The molecule has 1 rings (SSSR count). The van der Waals surface area contributed by atoms with Crippen LogP contribution in [0.5, 0.6) is 5.75 Å². The van der Waals surface area contributed by atoms with Crippen molar-refractivity contribution in [3.8, 4) is 5.75 Å². The van der Waals surface area contributed by atoms with Gasteiger partial charge in [-0.3, -0.25) is 4.79 Å². The number of aromatic amines is 1. The highest BCUT2D eigenvalue weighted by atomic mass is 16.3. The maximum Gasteiger partial charge on any atom is 0.291 e. The zero-order valence-electron chi connectivity index (χ0n) is 4.46. The standard InChI is InChI=1S/C4H5N3O2/c5-3-2(8)1-6-7-4(3)9/h1H,(H2,5,6)(H2,7,8,9). The van der Waals surface area contributed by atoms with Crippen molar-refractivity contribution in [1.82, 2.24) is 10.2 Å². The molecule has 0 unspecified atom stereocenters. The second-order valence-electron chi connectivity index (χ2n) is 1.50. The predicted octanol–water partition coefficient (Wildman–Crippen LogP) is -0.942. The Morgan fingerprint density at radius 1 is 1.78 bits per heavy atom.